The Morgan fingerprint density at radius 3 is 2.35 bits per heavy atom. The molecule has 1 saturated carbocycles. The summed E-state index contributed by atoms with van der Waals surface area (Å²) in [4.78, 5) is 14.1. The lowest BCUT2D eigenvalue weighted by Gasteiger charge is -2.34. The van der Waals surface area contributed by atoms with Gasteiger partial charge in [0.05, 0.1) is 5.41 Å². The maximum absolute atomic E-state index is 11.7. The van der Waals surface area contributed by atoms with Gasteiger partial charge in [-0.05, 0) is 39.2 Å². The topological polar surface area (TPSA) is 40.5 Å². The maximum atomic E-state index is 11.7. The van der Waals surface area contributed by atoms with Crippen LogP contribution in [0, 0.1) is 5.41 Å². The van der Waals surface area contributed by atoms with Crippen molar-refractivity contribution < 1.29 is 9.90 Å². The fourth-order valence-electron chi connectivity index (χ4n) is 3.46. The Morgan fingerprint density at radius 2 is 1.88 bits per heavy atom. The van der Waals surface area contributed by atoms with E-state index in [1.165, 1.54) is 25.7 Å². The predicted molar refractivity (Wildman–Crippen MR) is 68.0 cm³/mol. The summed E-state index contributed by atoms with van der Waals surface area (Å²) in [7, 11) is 0. The van der Waals surface area contributed by atoms with Gasteiger partial charge < -0.3 is 5.11 Å². The van der Waals surface area contributed by atoms with Crippen LogP contribution in [0.3, 0.4) is 0 Å². The summed E-state index contributed by atoms with van der Waals surface area (Å²) in [5, 5.41) is 9.63. The van der Waals surface area contributed by atoms with Crippen LogP contribution < -0.4 is 0 Å². The fourth-order valence-corrected chi connectivity index (χ4v) is 3.46. The first-order valence-corrected chi connectivity index (χ1v) is 7.11. The van der Waals surface area contributed by atoms with Crippen molar-refractivity contribution in [1.29, 1.82) is 0 Å². The summed E-state index contributed by atoms with van der Waals surface area (Å²) < 4.78 is 0. The number of likely N-dealkylation sites (tertiary alicyclic amines) is 1. The highest BCUT2D eigenvalue weighted by molar-refractivity contribution is 5.75. The van der Waals surface area contributed by atoms with Gasteiger partial charge in [0.25, 0.3) is 0 Å². The van der Waals surface area contributed by atoms with Gasteiger partial charge in [0.15, 0.2) is 0 Å². The standard InChI is InChI=1S/C14H25NO2/c1-12-7-6-10-15(12)11-14(13(16)17)8-4-2-3-5-9-14/h12H,2-11H2,1H3,(H,16,17). The Balaban J connectivity index is 2.07. The van der Waals surface area contributed by atoms with Crippen LogP contribution >= 0.6 is 0 Å². The predicted octanol–water partition coefficient (Wildman–Crippen LogP) is 2.90. The van der Waals surface area contributed by atoms with E-state index in [1.54, 1.807) is 0 Å². The minimum atomic E-state index is -0.557. The summed E-state index contributed by atoms with van der Waals surface area (Å²) in [5.74, 6) is -0.557. The largest absolute Gasteiger partial charge is 0.481 e. The highest BCUT2D eigenvalue weighted by Gasteiger charge is 2.41. The Kier molecular flexibility index (Phi) is 4.08. The van der Waals surface area contributed by atoms with E-state index in [2.05, 4.69) is 11.8 Å². The van der Waals surface area contributed by atoms with Gasteiger partial charge in [0.2, 0.25) is 0 Å². The third-order valence-corrected chi connectivity index (χ3v) is 4.71. The van der Waals surface area contributed by atoms with Crippen LogP contribution in [0.25, 0.3) is 0 Å². The third-order valence-electron chi connectivity index (χ3n) is 4.71. The lowest BCUT2D eigenvalue weighted by Crippen LogP contribution is -2.44. The van der Waals surface area contributed by atoms with Crippen LogP contribution in [0.5, 0.6) is 0 Å². The average molecular weight is 239 g/mol. The summed E-state index contributed by atoms with van der Waals surface area (Å²) in [5.41, 5.74) is -0.449. The van der Waals surface area contributed by atoms with Crippen LogP contribution in [0.15, 0.2) is 0 Å². The van der Waals surface area contributed by atoms with Crippen LogP contribution in [-0.2, 0) is 4.79 Å². The molecule has 2 fully saturated rings. The molecule has 98 valence electrons. The number of carbonyl (C=O) groups is 1. The van der Waals surface area contributed by atoms with Crippen molar-refractivity contribution in [1.82, 2.24) is 4.90 Å². The van der Waals surface area contributed by atoms with Crippen LogP contribution in [-0.4, -0.2) is 35.1 Å². The van der Waals surface area contributed by atoms with Crippen molar-refractivity contribution in [3.05, 3.63) is 0 Å². The quantitative estimate of drug-likeness (QED) is 0.770. The van der Waals surface area contributed by atoms with Gasteiger partial charge in [-0.15, -0.1) is 0 Å². The summed E-state index contributed by atoms with van der Waals surface area (Å²) in [6, 6.07) is 0.578. The zero-order valence-corrected chi connectivity index (χ0v) is 11.0. The highest BCUT2D eigenvalue weighted by atomic mass is 16.4. The fraction of sp³-hybridized carbons (Fsp3) is 0.929. The number of rotatable bonds is 3. The lowest BCUT2D eigenvalue weighted by molar-refractivity contribution is -0.151. The van der Waals surface area contributed by atoms with E-state index in [0.717, 1.165) is 38.8 Å². The van der Waals surface area contributed by atoms with Crippen molar-refractivity contribution in [3.63, 3.8) is 0 Å². The van der Waals surface area contributed by atoms with Crippen molar-refractivity contribution in [3.8, 4) is 0 Å². The molecule has 0 amide bonds. The van der Waals surface area contributed by atoms with Crippen molar-refractivity contribution in [2.24, 2.45) is 5.41 Å². The first-order chi connectivity index (χ1) is 8.14. The van der Waals surface area contributed by atoms with E-state index in [0.29, 0.717) is 6.04 Å². The molecule has 1 heterocycles. The second kappa shape index (κ2) is 5.38. The second-order valence-corrected chi connectivity index (χ2v) is 5.96. The van der Waals surface area contributed by atoms with E-state index in [-0.39, 0.29) is 0 Å². The Labute approximate surface area is 104 Å². The van der Waals surface area contributed by atoms with E-state index in [4.69, 9.17) is 0 Å². The number of carboxylic acids is 1. The molecular formula is C14H25NO2. The average Bonchev–Trinajstić information content (AvgIpc) is 2.54. The summed E-state index contributed by atoms with van der Waals surface area (Å²) >= 11 is 0. The number of hydrogen-bond acceptors (Lipinski definition) is 2. The van der Waals surface area contributed by atoms with Crippen LogP contribution in [0.1, 0.15) is 58.3 Å². The Hall–Kier alpha value is -0.570. The molecule has 2 aliphatic rings. The number of hydrogen-bond donors (Lipinski definition) is 1. The molecule has 3 nitrogen and oxygen atoms in total. The maximum Gasteiger partial charge on any atom is 0.310 e. The SMILES string of the molecule is CC1CCCN1CC1(C(=O)O)CCCCCC1. The number of nitrogens with zero attached hydrogens (tertiary/aromatic N) is 1. The minimum absolute atomic E-state index is 0.449. The van der Waals surface area contributed by atoms with E-state index in [1.807, 2.05) is 0 Å². The molecule has 1 N–H and O–H groups in total. The first-order valence-electron chi connectivity index (χ1n) is 7.11. The lowest BCUT2D eigenvalue weighted by atomic mass is 9.79. The molecule has 1 saturated heterocycles. The zero-order valence-electron chi connectivity index (χ0n) is 11.0. The van der Waals surface area contributed by atoms with E-state index in [9.17, 15) is 9.90 Å². The molecule has 0 bridgehead atoms. The Bertz CT molecular complexity index is 269. The third kappa shape index (κ3) is 2.82. The van der Waals surface area contributed by atoms with Crippen LogP contribution in [0.4, 0.5) is 0 Å². The van der Waals surface area contributed by atoms with Crippen molar-refractivity contribution in [2.75, 3.05) is 13.1 Å². The van der Waals surface area contributed by atoms with Gasteiger partial charge in [-0.1, -0.05) is 25.7 Å². The molecule has 0 aromatic heterocycles. The van der Waals surface area contributed by atoms with E-state index < -0.39 is 11.4 Å². The smallest absolute Gasteiger partial charge is 0.310 e. The molecule has 0 aromatic rings. The summed E-state index contributed by atoms with van der Waals surface area (Å²) in [6.07, 6.45) is 8.84. The molecule has 1 aliphatic heterocycles. The minimum Gasteiger partial charge on any atom is -0.481 e. The molecule has 0 spiro atoms. The second-order valence-electron chi connectivity index (χ2n) is 5.96. The van der Waals surface area contributed by atoms with Crippen LogP contribution in [0.2, 0.25) is 0 Å². The molecule has 0 aromatic carbocycles. The van der Waals surface area contributed by atoms with Crippen molar-refractivity contribution in [2.45, 2.75) is 64.3 Å². The molecule has 1 unspecified atom stereocenters. The van der Waals surface area contributed by atoms with Gasteiger partial charge in [-0.2, -0.15) is 0 Å². The van der Waals surface area contributed by atoms with Gasteiger partial charge in [0, 0.05) is 12.6 Å². The normalized spacial score (nSPS) is 30.1. The first kappa shape index (κ1) is 12.9. The molecule has 0 radical (unpaired) electrons. The molecule has 1 atom stereocenters. The molecule has 2 rings (SSSR count). The molecule has 3 heteroatoms. The van der Waals surface area contributed by atoms with Gasteiger partial charge >= 0.3 is 5.97 Å². The molecule has 1 aliphatic carbocycles. The van der Waals surface area contributed by atoms with Gasteiger partial charge in [0.1, 0.15) is 0 Å². The zero-order chi connectivity index (χ0) is 12.3. The highest BCUT2D eigenvalue weighted by Crippen LogP contribution is 2.37. The van der Waals surface area contributed by atoms with Gasteiger partial charge in [-0.25, -0.2) is 0 Å². The van der Waals surface area contributed by atoms with Crippen molar-refractivity contribution >= 4 is 5.97 Å². The molecule has 17 heavy (non-hydrogen) atoms. The molecular weight excluding hydrogens is 214 g/mol. The van der Waals surface area contributed by atoms with E-state index >= 15 is 0 Å². The summed E-state index contributed by atoms with van der Waals surface area (Å²) in [6.45, 7) is 4.11. The Morgan fingerprint density at radius 1 is 1.24 bits per heavy atom. The monoisotopic (exact) mass is 239 g/mol. The number of carboxylic acid groups (broad SMARTS) is 1. The number of aliphatic carboxylic acids is 1. The van der Waals surface area contributed by atoms with Gasteiger partial charge in [-0.3, -0.25) is 9.69 Å².